The van der Waals surface area contributed by atoms with Crippen LogP contribution in [0.25, 0.3) is 0 Å². The number of rotatable bonds is 4. The van der Waals surface area contributed by atoms with Crippen LogP contribution in [0.3, 0.4) is 0 Å². The molecule has 2 nitrogen and oxygen atoms in total. The van der Waals surface area contributed by atoms with Gasteiger partial charge in [-0.05, 0) is 24.5 Å². The molecule has 0 heterocycles. The molecule has 2 rings (SSSR count). The fraction of sp³-hybridized carbons (Fsp3) is 0.500. The Morgan fingerprint density at radius 1 is 1.11 bits per heavy atom. The normalized spacial score (nSPS) is 27.1. The van der Waals surface area contributed by atoms with Crippen molar-refractivity contribution in [3.63, 3.8) is 0 Å². The van der Waals surface area contributed by atoms with Crippen LogP contribution in [0.1, 0.15) is 26.7 Å². The van der Waals surface area contributed by atoms with Crippen molar-refractivity contribution in [1.82, 2.24) is 0 Å². The second kappa shape index (κ2) is 5.93. The first-order chi connectivity index (χ1) is 9.12. The van der Waals surface area contributed by atoms with Crippen LogP contribution in [0.5, 0.6) is 0 Å². The van der Waals surface area contributed by atoms with Gasteiger partial charge in [-0.25, -0.2) is 0 Å². The summed E-state index contributed by atoms with van der Waals surface area (Å²) in [6, 6.07) is 2.79. The van der Waals surface area contributed by atoms with E-state index in [0.29, 0.717) is 5.54 Å². The number of allylic oxidation sites excluding steroid dienone is 5. The van der Waals surface area contributed by atoms with E-state index in [0.717, 1.165) is 18.5 Å². The van der Waals surface area contributed by atoms with E-state index in [1.54, 1.807) is 5.20 Å². The van der Waals surface area contributed by atoms with Gasteiger partial charge in [0.15, 0.2) is 0 Å². The van der Waals surface area contributed by atoms with E-state index in [1.807, 2.05) is 0 Å². The standard InChI is InChI=1S/C16H26N2Si/c1-3-19(4-2,15-9-5-13(17)6-10-15)16-11-7-14(18)8-12-16/h5-7,9,11-12,14-15H,3-4,8,10,17-18H2,1-2H3. The maximum atomic E-state index is 5.96. The lowest BCUT2D eigenvalue weighted by molar-refractivity contribution is 0.819. The van der Waals surface area contributed by atoms with Crippen molar-refractivity contribution < 1.29 is 0 Å². The van der Waals surface area contributed by atoms with Gasteiger partial charge in [0.05, 0.1) is 8.07 Å². The van der Waals surface area contributed by atoms with Gasteiger partial charge < -0.3 is 11.5 Å². The first-order valence-electron chi connectivity index (χ1n) is 7.40. The van der Waals surface area contributed by atoms with E-state index in [2.05, 4.69) is 50.3 Å². The zero-order chi connectivity index (χ0) is 13.9. The van der Waals surface area contributed by atoms with Gasteiger partial charge in [0, 0.05) is 11.7 Å². The molecule has 0 saturated carbocycles. The Morgan fingerprint density at radius 3 is 2.32 bits per heavy atom. The van der Waals surface area contributed by atoms with Gasteiger partial charge in [0.2, 0.25) is 0 Å². The highest BCUT2D eigenvalue weighted by atomic mass is 28.3. The molecule has 4 N–H and O–H groups in total. The molecule has 0 aromatic carbocycles. The van der Waals surface area contributed by atoms with Gasteiger partial charge in [-0.2, -0.15) is 0 Å². The summed E-state index contributed by atoms with van der Waals surface area (Å²) in [4.78, 5) is 0. The zero-order valence-corrected chi connectivity index (χ0v) is 13.1. The van der Waals surface area contributed by atoms with Crippen molar-refractivity contribution in [3.8, 4) is 0 Å². The number of hydrogen-bond acceptors (Lipinski definition) is 2. The number of hydrogen-bond donors (Lipinski definition) is 2. The molecule has 0 aromatic heterocycles. The highest BCUT2D eigenvalue weighted by molar-refractivity contribution is 6.88. The Labute approximate surface area is 118 Å². The largest absolute Gasteiger partial charge is 0.399 e. The fourth-order valence-corrected chi connectivity index (χ4v) is 8.23. The smallest absolute Gasteiger partial charge is 0.0928 e. The molecule has 19 heavy (non-hydrogen) atoms. The van der Waals surface area contributed by atoms with Crippen LogP contribution >= 0.6 is 0 Å². The molecule has 0 amide bonds. The topological polar surface area (TPSA) is 52.0 Å². The third-order valence-corrected chi connectivity index (χ3v) is 10.7. The molecule has 2 unspecified atom stereocenters. The predicted octanol–water partition coefficient (Wildman–Crippen LogP) is 3.40. The van der Waals surface area contributed by atoms with Gasteiger partial charge in [0.1, 0.15) is 0 Å². The SMILES string of the molecule is CC[Si](CC)(C1=CCC(N)C=C1)C1C=CC(N)=CC1. The van der Waals surface area contributed by atoms with Crippen LogP contribution < -0.4 is 11.5 Å². The third-order valence-electron chi connectivity index (χ3n) is 4.81. The highest BCUT2D eigenvalue weighted by Crippen LogP contribution is 2.42. The molecule has 0 aromatic rings. The third kappa shape index (κ3) is 2.77. The fourth-order valence-electron chi connectivity index (χ4n) is 3.45. The summed E-state index contributed by atoms with van der Waals surface area (Å²) in [5.74, 6) is 0. The van der Waals surface area contributed by atoms with Crippen LogP contribution in [-0.2, 0) is 0 Å². The Kier molecular flexibility index (Phi) is 4.48. The lowest BCUT2D eigenvalue weighted by Gasteiger charge is -2.39. The summed E-state index contributed by atoms with van der Waals surface area (Å²) in [6.07, 6.45) is 15.6. The highest BCUT2D eigenvalue weighted by Gasteiger charge is 2.39. The molecule has 2 aliphatic carbocycles. The van der Waals surface area contributed by atoms with E-state index in [4.69, 9.17) is 11.5 Å². The van der Waals surface area contributed by atoms with Gasteiger partial charge in [-0.1, -0.05) is 61.5 Å². The molecule has 0 spiro atoms. The van der Waals surface area contributed by atoms with Crippen molar-refractivity contribution in [3.05, 3.63) is 47.3 Å². The van der Waals surface area contributed by atoms with Crippen LogP contribution in [0, 0.1) is 0 Å². The van der Waals surface area contributed by atoms with Gasteiger partial charge in [0.25, 0.3) is 0 Å². The van der Waals surface area contributed by atoms with Gasteiger partial charge in [-0.3, -0.25) is 0 Å². The summed E-state index contributed by atoms with van der Waals surface area (Å²) in [7, 11) is -1.47. The molecule has 0 bridgehead atoms. The van der Waals surface area contributed by atoms with E-state index in [-0.39, 0.29) is 6.04 Å². The summed E-state index contributed by atoms with van der Waals surface area (Å²) in [5.41, 5.74) is 13.4. The van der Waals surface area contributed by atoms with Crippen molar-refractivity contribution >= 4 is 8.07 Å². The molecule has 0 radical (unpaired) electrons. The van der Waals surface area contributed by atoms with Gasteiger partial charge in [-0.15, -0.1) is 0 Å². The predicted molar refractivity (Wildman–Crippen MR) is 86.3 cm³/mol. The maximum Gasteiger partial charge on any atom is 0.0928 e. The second-order valence-corrected chi connectivity index (χ2v) is 10.7. The van der Waals surface area contributed by atoms with E-state index in [9.17, 15) is 0 Å². The first kappa shape index (κ1) is 14.3. The quantitative estimate of drug-likeness (QED) is 0.772. The van der Waals surface area contributed by atoms with Crippen LogP contribution in [0.4, 0.5) is 0 Å². The number of nitrogens with two attached hydrogens (primary N) is 2. The first-order valence-corrected chi connectivity index (χ1v) is 9.89. The minimum Gasteiger partial charge on any atom is -0.399 e. The van der Waals surface area contributed by atoms with Crippen molar-refractivity contribution in [2.75, 3.05) is 0 Å². The molecule has 0 aliphatic heterocycles. The van der Waals surface area contributed by atoms with E-state index in [1.165, 1.54) is 12.1 Å². The van der Waals surface area contributed by atoms with Gasteiger partial charge >= 0.3 is 0 Å². The van der Waals surface area contributed by atoms with Crippen molar-refractivity contribution in [2.24, 2.45) is 11.5 Å². The van der Waals surface area contributed by atoms with Crippen LogP contribution in [0.2, 0.25) is 17.6 Å². The lowest BCUT2D eigenvalue weighted by Crippen LogP contribution is -2.41. The van der Waals surface area contributed by atoms with E-state index >= 15 is 0 Å². The second-order valence-electron chi connectivity index (χ2n) is 5.69. The summed E-state index contributed by atoms with van der Waals surface area (Å²) < 4.78 is 0. The van der Waals surface area contributed by atoms with Crippen molar-refractivity contribution in [2.45, 2.75) is 50.4 Å². The molecule has 3 heteroatoms. The van der Waals surface area contributed by atoms with Crippen LogP contribution in [-0.4, -0.2) is 14.1 Å². The Balaban J connectivity index is 2.28. The zero-order valence-electron chi connectivity index (χ0n) is 12.1. The average Bonchev–Trinajstić information content (AvgIpc) is 2.44. The maximum absolute atomic E-state index is 5.96. The minimum atomic E-state index is -1.47. The minimum absolute atomic E-state index is 0.210. The summed E-state index contributed by atoms with van der Waals surface area (Å²) >= 11 is 0. The summed E-state index contributed by atoms with van der Waals surface area (Å²) in [5, 5.41) is 1.60. The molecule has 0 fully saturated rings. The molecular weight excluding hydrogens is 248 g/mol. The summed E-state index contributed by atoms with van der Waals surface area (Å²) in [6.45, 7) is 4.71. The molecule has 2 aliphatic rings. The van der Waals surface area contributed by atoms with Crippen LogP contribution in [0.15, 0.2) is 47.3 Å². The Hall–Kier alpha value is -1.06. The van der Waals surface area contributed by atoms with Crippen molar-refractivity contribution in [1.29, 1.82) is 0 Å². The van der Waals surface area contributed by atoms with E-state index < -0.39 is 8.07 Å². The average molecular weight is 274 g/mol. The molecule has 104 valence electrons. The Morgan fingerprint density at radius 2 is 1.84 bits per heavy atom. The monoisotopic (exact) mass is 274 g/mol. The molecule has 2 atom stereocenters. The Bertz CT molecular complexity index is 442. The molecule has 0 saturated heterocycles. The molecular formula is C16H26N2Si. The lowest BCUT2D eigenvalue weighted by atomic mass is 10.1.